The number of hydrogen-bond acceptors (Lipinski definition) is 1. The zero-order valence-electron chi connectivity index (χ0n) is 9.79. The monoisotopic (exact) mass is 401 g/mol. The smallest absolute Gasteiger partial charge is 0.252 e. The fourth-order valence-electron chi connectivity index (χ4n) is 1.60. The van der Waals surface area contributed by atoms with Crippen LogP contribution in [0.1, 0.15) is 15.9 Å². The zero-order valence-corrected chi connectivity index (χ0v) is 13.7. The van der Waals surface area contributed by atoms with Gasteiger partial charge in [0, 0.05) is 20.5 Å². The standard InChI is InChI=1S/C14H10Br2ClNO/c15-10-4-5-12(13(16)7-10)14(19)18-8-9-2-1-3-11(17)6-9/h1-7H,8H2,(H,18,19). The molecule has 5 heteroatoms. The Balaban J connectivity index is 2.05. The van der Waals surface area contributed by atoms with Crippen molar-refractivity contribution in [1.82, 2.24) is 5.32 Å². The topological polar surface area (TPSA) is 29.1 Å². The molecule has 0 saturated heterocycles. The molecule has 98 valence electrons. The minimum Gasteiger partial charge on any atom is -0.348 e. The summed E-state index contributed by atoms with van der Waals surface area (Å²) in [5.41, 5.74) is 1.57. The van der Waals surface area contributed by atoms with Crippen LogP contribution in [0.4, 0.5) is 0 Å². The maximum atomic E-state index is 12.0. The average molecular weight is 404 g/mol. The van der Waals surface area contributed by atoms with Crippen LogP contribution < -0.4 is 5.32 Å². The molecule has 0 heterocycles. The first-order valence-corrected chi connectivity index (χ1v) is 7.50. The Morgan fingerprint density at radius 1 is 1.16 bits per heavy atom. The van der Waals surface area contributed by atoms with Crippen LogP contribution in [0.15, 0.2) is 51.4 Å². The fraction of sp³-hybridized carbons (Fsp3) is 0.0714. The molecule has 0 aliphatic rings. The van der Waals surface area contributed by atoms with E-state index in [0.717, 1.165) is 14.5 Å². The summed E-state index contributed by atoms with van der Waals surface area (Å²) in [5, 5.41) is 3.52. The van der Waals surface area contributed by atoms with Crippen molar-refractivity contribution in [3.8, 4) is 0 Å². The number of rotatable bonds is 3. The first-order chi connectivity index (χ1) is 9.06. The molecule has 0 spiro atoms. The lowest BCUT2D eigenvalue weighted by atomic mass is 10.2. The van der Waals surface area contributed by atoms with E-state index in [9.17, 15) is 4.79 Å². The van der Waals surface area contributed by atoms with E-state index in [0.29, 0.717) is 17.1 Å². The van der Waals surface area contributed by atoms with E-state index in [4.69, 9.17) is 11.6 Å². The highest BCUT2D eigenvalue weighted by Crippen LogP contribution is 2.22. The fourth-order valence-corrected chi connectivity index (χ4v) is 3.04. The Morgan fingerprint density at radius 2 is 1.95 bits per heavy atom. The summed E-state index contributed by atoms with van der Waals surface area (Å²) in [7, 11) is 0. The lowest BCUT2D eigenvalue weighted by Crippen LogP contribution is -2.23. The van der Waals surface area contributed by atoms with Crippen molar-refractivity contribution in [2.75, 3.05) is 0 Å². The molecule has 0 unspecified atom stereocenters. The van der Waals surface area contributed by atoms with Crippen LogP contribution in [0.2, 0.25) is 5.02 Å². The van der Waals surface area contributed by atoms with Gasteiger partial charge in [-0.2, -0.15) is 0 Å². The number of carbonyl (C=O) groups is 1. The van der Waals surface area contributed by atoms with Crippen molar-refractivity contribution in [3.05, 3.63) is 67.6 Å². The summed E-state index contributed by atoms with van der Waals surface area (Å²) in [6.07, 6.45) is 0. The highest BCUT2D eigenvalue weighted by Gasteiger charge is 2.09. The van der Waals surface area contributed by atoms with Crippen molar-refractivity contribution < 1.29 is 4.79 Å². The second-order valence-electron chi connectivity index (χ2n) is 3.94. The van der Waals surface area contributed by atoms with Gasteiger partial charge < -0.3 is 5.32 Å². The third-order valence-electron chi connectivity index (χ3n) is 2.52. The molecule has 2 aromatic carbocycles. The average Bonchev–Trinajstić information content (AvgIpc) is 2.36. The molecule has 0 aliphatic heterocycles. The second-order valence-corrected chi connectivity index (χ2v) is 6.14. The Hall–Kier alpha value is -0.840. The lowest BCUT2D eigenvalue weighted by Gasteiger charge is -2.07. The van der Waals surface area contributed by atoms with Gasteiger partial charge in [-0.25, -0.2) is 0 Å². The summed E-state index contributed by atoms with van der Waals surface area (Å²) in [6.45, 7) is 0.446. The van der Waals surface area contributed by atoms with Crippen LogP contribution >= 0.6 is 43.5 Å². The summed E-state index contributed by atoms with van der Waals surface area (Å²) >= 11 is 12.6. The van der Waals surface area contributed by atoms with Gasteiger partial charge in [0.05, 0.1) is 5.56 Å². The predicted octanol–water partition coefficient (Wildman–Crippen LogP) is 4.80. The van der Waals surface area contributed by atoms with Gasteiger partial charge in [0.25, 0.3) is 5.91 Å². The van der Waals surface area contributed by atoms with Gasteiger partial charge in [0.15, 0.2) is 0 Å². The number of hydrogen-bond donors (Lipinski definition) is 1. The summed E-state index contributed by atoms with van der Waals surface area (Å²) in [4.78, 5) is 12.0. The molecule has 0 radical (unpaired) electrons. The predicted molar refractivity (Wildman–Crippen MR) is 84.5 cm³/mol. The van der Waals surface area contributed by atoms with E-state index < -0.39 is 0 Å². The molecule has 19 heavy (non-hydrogen) atoms. The molecule has 0 bridgehead atoms. The zero-order chi connectivity index (χ0) is 13.8. The third-order valence-corrected chi connectivity index (χ3v) is 3.90. The second kappa shape index (κ2) is 6.55. The van der Waals surface area contributed by atoms with Crippen molar-refractivity contribution in [2.45, 2.75) is 6.54 Å². The number of carbonyl (C=O) groups excluding carboxylic acids is 1. The highest BCUT2D eigenvalue weighted by atomic mass is 79.9. The quantitative estimate of drug-likeness (QED) is 0.784. The highest BCUT2D eigenvalue weighted by molar-refractivity contribution is 9.11. The Morgan fingerprint density at radius 3 is 2.63 bits per heavy atom. The Kier molecular flexibility index (Phi) is 5.02. The summed E-state index contributed by atoms with van der Waals surface area (Å²) < 4.78 is 1.68. The lowest BCUT2D eigenvalue weighted by molar-refractivity contribution is 0.0950. The van der Waals surface area contributed by atoms with Gasteiger partial charge >= 0.3 is 0 Å². The van der Waals surface area contributed by atoms with Gasteiger partial charge in [0.2, 0.25) is 0 Å². The number of halogens is 3. The van der Waals surface area contributed by atoms with Gasteiger partial charge in [-0.3, -0.25) is 4.79 Å². The van der Waals surface area contributed by atoms with Crippen molar-refractivity contribution in [1.29, 1.82) is 0 Å². The molecule has 0 aliphatic carbocycles. The van der Waals surface area contributed by atoms with E-state index in [1.54, 1.807) is 12.1 Å². The maximum absolute atomic E-state index is 12.0. The number of nitrogens with one attached hydrogen (secondary N) is 1. The van der Waals surface area contributed by atoms with E-state index >= 15 is 0 Å². The molecule has 1 amide bonds. The van der Waals surface area contributed by atoms with Crippen LogP contribution in [0, 0.1) is 0 Å². The van der Waals surface area contributed by atoms with Crippen LogP contribution in [0.5, 0.6) is 0 Å². The first-order valence-electron chi connectivity index (χ1n) is 5.54. The molecule has 1 N–H and O–H groups in total. The van der Waals surface area contributed by atoms with Gasteiger partial charge in [0.1, 0.15) is 0 Å². The molecule has 2 rings (SSSR count). The number of benzene rings is 2. The summed E-state index contributed by atoms with van der Waals surface area (Å²) in [5.74, 6) is -0.126. The molecule has 0 fully saturated rings. The van der Waals surface area contributed by atoms with E-state index in [-0.39, 0.29) is 5.91 Å². The van der Waals surface area contributed by atoms with Crippen molar-refractivity contribution >= 4 is 49.4 Å². The SMILES string of the molecule is O=C(NCc1cccc(Cl)c1)c1ccc(Br)cc1Br. The molecular weight excluding hydrogens is 393 g/mol. The van der Waals surface area contributed by atoms with E-state index in [1.165, 1.54) is 0 Å². The number of amides is 1. The Bertz CT molecular complexity index is 616. The first kappa shape index (κ1) is 14.6. The van der Waals surface area contributed by atoms with E-state index in [1.807, 2.05) is 30.3 Å². The maximum Gasteiger partial charge on any atom is 0.252 e. The Labute approximate surface area is 133 Å². The molecule has 2 aromatic rings. The van der Waals surface area contributed by atoms with Gasteiger partial charge in [-0.05, 0) is 51.8 Å². The van der Waals surface area contributed by atoms with Gasteiger partial charge in [-0.1, -0.05) is 39.7 Å². The van der Waals surface area contributed by atoms with Gasteiger partial charge in [-0.15, -0.1) is 0 Å². The molecule has 2 nitrogen and oxygen atoms in total. The molecular formula is C14H10Br2ClNO. The minimum absolute atomic E-state index is 0.126. The third kappa shape index (κ3) is 4.06. The minimum atomic E-state index is -0.126. The van der Waals surface area contributed by atoms with Crippen molar-refractivity contribution in [2.24, 2.45) is 0 Å². The van der Waals surface area contributed by atoms with Crippen molar-refractivity contribution in [3.63, 3.8) is 0 Å². The van der Waals surface area contributed by atoms with Crippen LogP contribution in [0.3, 0.4) is 0 Å². The van der Waals surface area contributed by atoms with E-state index in [2.05, 4.69) is 37.2 Å². The molecule has 0 aromatic heterocycles. The largest absolute Gasteiger partial charge is 0.348 e. The van der Waals surface area contributed by atoms with Crippen LogP contribution in [-0.2, 0) is 6.54 Å². The molecule has 0 saturated carbocycles. The summed E-state index contributed by atoms with van der Waals surface area (Å²) in [6, 6.07) is 12.9. The van der Waals surface area contributed by atoms with Crippen LogP contribution in [-0.4, -0.2) is 5.91 Å². The normalized spacial score (nSPS) is 10.3. The molecule has 0 atom stereocenters. The van der Waals surface area contributed by atoms with Crippen LogP contribution in [0.25, 0.3) is 0 Å².